The van der Waals surface area contributed by atoms with E-state index in [9.17, 15) is 4.79 Å². The Balaban J connectivity index is 1.42. The molecule has 31 heavy (non-hydrogen) atoms. The van der Waals surface area contributed by atoms with Gasteiger partial charge in [0.15, 0.2) is 0 Å². The predicted octanol–water partition coefficient (Wildman–Crippen LogP) is 2.68. The van der Waals surface area contributed by atoms with Crippen LogP contribution in [-0.2, 0) is 6.61 Å². The number of methoxy groups -OCH3 is 1. The van der Waals surface area contributed by atoms with E-state index in [0.717, 1.165) is 56.6 Å². The number of hydrogen-bond acceptors (Lipinski definition) is 5. The summed E-state index contributed by atoms with van der Waals surface area (Å²) >= 11 is 0. The topological polar surface area (TPSA) is 121 Å². The summed E-state index contributed by atoms with van der Waals surface area (Å²) < 4.78 is 11.6. The lowest BCUT2D eigenvalue weighted by atomic mass is 9.94. The molecule has 2 saturated heterocycles. The third kappa shape index (κ3) is 4.60. The molecular formula is C22H30N6O3. The van der Waals surface area contributed by atoms with Crippen molar-refractivity contribution < 1.29 is 14.3 Å². The van der Waals surface area contributed by atoms with Gasteiger partial charge in [-0.15, -0.1) is 0 Å². The van der Waals surface area contributed by atoms with Crippen molar-refractivity contribution in [2.24, 2.45) is 5.73 Å². The van der Waals surface area contributed by atoms with E-state index in [2.05, 4.69) is 10.2 Å². The molecule has 1 aromatic carbocycles. The molecule has 0 bridgehead atoms. The summed E-state index contributed by atoms with van der Waals surface area (Å²) in [7, 11) is 1.61. The molecule has 2 aliphatic heterocycles. The maximum absolute atomic E-state index is 12.8. The number of hydrogen-bond donors (Lipinski definition) is 3. The van der Waals surface area contributed by atoms with Crippen LogP contribution in [-0.4, -0.2) is 65.2 Å². The molecule has 2 aromatic rings. The molecule has 0 spiro atoms. The van der Waals surface area contributed by atoms with Gasteiger partial charge in [-0.05, 0) is 31.2 Å². The van der Waals surface area contributed by atoms with Crippen LogP contribution in [0.1, 0.15) is 48.4 Å². The van der Waals surface area contributed by atoms with Crippen LogP contribution < -0.4 is 15.2 Å². The molecule has 0 saturated carbocycles. The largest absolute Gasteiger partial charge is 0.490 e. The van der Waals surface area contributed by atoms with Gasteiger partial charge < -0.3 is 25.0 Å². The van der Waals surface area contributed by atoms with E-state index < -0.39 is 0 Å². The first-order chi connectivity index (χ1) is 15.1. The number of urea groups is 1. The lowest BCUT2D eigenvalue weighted by molar-refractivity contribution is 0.146. The summed E-state index contributed by atoms with van der Waals surface area (Å²) in [5, 5.41) is 14.9. The van der Waals surface area contributed by atoms with Crippen molar-refractivity contribution in [2.75, 3.05) is 33.3 Å². The van der Waals surface area contributed by atoms with Crippen molar-refractivity contribution in [1.82, 2.24) is 20.0 Å². The van der Waals surface area contributed by atoms with E-state index in [1.54, 1.807) is 19.2 Å². The van der Waals surface area contributed by atoms with Crippen LogP contribution in [0.5, 0.6) is 11.6 Å². The van der Waals surface area contributed by atoms with Crippen LogP contribution in [0.2, 0.25) is 0 Å². The van der Waals surface area contributed by atoms with Gasteiger partial charge >= 0.3 is 6.03 Å². The second kappa shape index (κ2) is 9.28. The first-order valence-electron chi connectivity index (χ1n) is 10.8. The molecule has 3 heterocycles. The first-order valence-corrected chi connectivity index (χ1v) is 10.8. The van der Waals surface area contributed by atoms with Gasteiger partial charge in [0.05, 0.1) is 7.11 Å². The monoisotopic (exact) mass is 426 g/mol. The Kier molecular flexibility index (Phi) is 6.29. The van der Waals surface area contributed by atoms with Crippen LogP contribution in [0.15, 0.2) is 24.3 Å². The van der Waals surface area contributed by atoms with Crippen molar-refractivity contribution in [2.45, 2.75) is 38.2 Å². The highest BCUT2D eigenvalue weighted by atomic mass is 16.5. The third-order valence-corrected chi connectivity index (χ3v) is 6.02. The van der Waals surface area contributed by atoms with Crippen molar-refractivity contribution >= 4 is 11.9 Å². The second-order valence-electron chi connectivity index (χ2n) is 8.13. The van der Waals surface area contributed by atoms with Gasteiger partial charge in [-0.2, -0.15) is 5.10 Å². The van der Waals surface area contributed by atoms with Crippen LogP contribution >= 0.6 is 0 Å². The minimum atomic E-state index is 0.0390. The normalized spacial score (nSPS) is 18.8. The van der Waals surface area contributed by atoms with Crippen LogP contribution in [0.3, 0.4) is 0 Å². The third-order valence-electron chi connectivity index (χ3n) is 6.02. The van der Waals surface area contributed by atoms with Crippen LogP contribution in [0, 0.1) is 5.41 Å². The Bertz CT molecular complexity index is 920. The number of nitrogen functional groups attached to an aromatic ring is 1. The van der Waals surface area contributed by atoms with Crippen LogP contribution in [0.25, 0.3) is 0 Å². The van der Waals surface area contributed by atoms with Gasteiger partial charge in [-0.25, -0.2) is 9.89 Å². The molecule has 4 N–H and O–H groups in total. The average Bonchev–Trinajstić information content (AvgIpc) is 3.47. The molecule has 9 nitrogen and oxygen atoms in total. The maximum Gasteiger partial charge on any atom is 0.320 e. The van der Waals surface area contributed by atoms with Crippen molar-refractivity contribution in [1.29, 1.82) is 5.41 Å². The Hall–Kier alpha value is -3.23. The molecule has 1 unspecified atom stereocenters. The molecule has 166 valence electrons. The summed E-state index contributed by atoms with van der Waals surface area (Å²) in [5.41, 5.74) is 7.93. The molecule has 0 aliphatic carbocycles. The van der Waals surface area contributed by atoms with Gasteiger partial charge in [0.1, 0.15) is 18.1 Å². The zero-order valence-corrected chi connectivity index (χ0v) is 17.9. The molecule has 0 radical (unpaired) electrons. The lowest BCUT2D eigenvalue weighted by Gasteiger charge is -2.34. The summed E-state index contributed by atoms with van der Waals surface area (Å²) in [6.45, 7) is 3.48. The quantitative estimate of drug-likeness (QED) is 0.484. The fourth-order valence-electron chi connectivity index (χ4n) is 4.32. The Labute approximate surface area is 182 Å². The van der Waals surface area contributed by atoms with E-state index in [-0.39, 0.29) is 17.8 Å². The second-order valence-corrected chi connectivity index (χ2v) is 8.13. The molecule has 2 fully saturated rings. The summed E-state index contributed by atoms with van der Waals surface area (Å²) in [6.07, 6.45) is 4.08. The Morgan fingerprint density at radius 2 is 1.90 bits per heavy atom. The van der Waals surface area contributed by atoms with E-state index in [1.807, 2.05) is 21.9 Å². The first kappa shape index (κ1) is 21.0. The molecule has 1 aromatic heterocycles. The SMILES string of the molecule is COc1c(C2CCCN(C(=O)N3CCCC3)C2)n[nH]c1OCc1ccc(C(=N)N)cc1. The summed E-state index contributed by atoms with van der Waals surface area (Å²) in [4.78, 5) is 16.7. The fraction of sp³-hybridized carbons (Fsp3) is 0.500. The van der Waals surface area contributed by atoms with Crippen LogP contribution in [0.4, 0.5) is 4.79 Å². The molecule has 9 heteroatoms. The zero-order chi connectivity index (χ0) is 21.8. The molecule has 1 atom stereocenters. The van der Waals surface area contributed by atoms with E-state index in [1.165, 1.54) is 0 Å². The van der Waals surface area contributed by atoms with Gasteiger partial charge in [-0.1, -0.05) is 24.3 Å². The van der Waals surface area contributed by atoms with Gasteiger partial charge in [0, 0.05) is 37.7 Å². The highest BCUT2D eigenvalue weighted by molar-refractivity contribution is 5.94. The smallest absolute Gasteiger partial charge is 0.320 e. The molecule has 2 aliphatic rings. The highest BCUT2D eigenvalue weighted by Gasteiger charge is 2.32. The summed E-state index contributed by atoms with van der Waals surface area (Å²) in [6, 6.07) is 7.49. The standard InChI is InChI=1S/C22H30N6O3/c1-30-19-18(17-5-4-12-28(13-17)22(29)27-10-2-3-11-27)25-26-21(19)31-14-15-6-8-16(9-7-15)20(23)24/h6-9,17H,2-5,10-14H2,1H3,(H3,23,24)(H,25,26). The average molecular weight is 427 g/mol. The Morgan fingerprint density at radius 1 is 1.19 bits per heavy atom. The minimum Gasteiger partial charge on any atom is -0.490 e. The van der Waals surface area contributed by atoms with E-state index in [0.29, 0.717) is 30.3 Å². The number of nitrogens with one attached hydrogen (secondary N) is 2. The number of aromatic amines is 1. The number of benzene rings is 1. The van der Waals surface area contributed by atoms with E-state index in [4.69, 9.17) is 20.6 Å². The van der Waals surface area contributed by atoms with Gasteiger partial charge in [0.2, 0.25) is 5.75 Å². The van der Waals surface area contributed by atoms with Gasteiger partial charge in [-0.3, -0.25) is 5.41 Å². The number of nitrogens with two attached hydrogens (primary N) is 1. The maximum atomic E-state index is 12.8. The number of amides is 2. The number of carbonyl (C=O) groups excluding carboxylic acids is 1. The van der Waals surface area contributed by atoms with Crippen molar-refractivity contribution in [3.63, 3.8) is 0 Å². The van der Waals surface area contributed by atoms with Crippen molar-refractivity contribution in [3.05, 3.63) is 41.1 Å². The number of piperidine rings is 1. The minimum absolute atomic E-state index is 0.0390. The summed E-state index contributed by atoms with van der Waals surface area (Å²) in [5.74, 6) is 1.23. The number of nitrogens with zero attached hydrogens (tertiary/aromatic N) is 3. The lowest BCUT2D eigenvalue weighted by Crippen LogP contribution is -2.46. The number of aromatic nitrogens is 2. The highest BCUT2D eigenvalue weighted by Crippen LogP contribution is 2.37. The van der Waals surface area contributed by atoms with Crippen molar-refractivity contribution in [3.8, 4) is 11.6 Å². The number of ether oxygens (including phenoxy) is 2. The van der Waals surface area contributed by atoms with E-state index >= 15 is 0 Å². The zero-order valence-electron chi connectivity index (χ0n) is 17.9. The predicted molar refractivity (Wildman–Crippen MR) is 117 cm³/mol. The molecular weight excluding hydrogens is 396 g/mol. The number of likely N-dealkylation sites (tertiary alicyclic amines) is 2. The molecule has 2 amide bonds. The molecule has 4 rings (SSSR count). The fourth-order valence-corrected chi connectivity index (χ4v) is 4.32. The Morgan fingerprint density at radius 3 is 2.58 bits per heavy atom. The number of rotatable bonds is 6. The van der Waals surface area contributed by atoms with Gasteiger partial charge in [0.25, 0.3) is 5.88 Å². The number of amidine groups is 1. The number of carbonyl (C=O) groups is 1. The number of H-pyrrole nitrogens is 1.